The molecule has 0 aliphatic carbocycles. The van der Waals surface area contributed by atoms with Crippen LogP contribution < -0.4 is 10.5 Å². The first-order valence-corrected chi connectivity index (χ1v) is 6.25. The molecule has 2 N–H and O–H groups in total. The minimum atomic E-state index is 0.140. The van der Waals surface area contributed by atoms with E-state index in [-0.39, 0.29) is 6.04 Å². The van der Waals surface area contributed by atoms with Crippen LogP contribution in [0.3, 0.4) is 0 Å². The molecule has 0 saturated carbocycles. The van der Waals surface area contributed by atoms with E-state index in [0.29, 0.717) is 5.92 Å². The van der Waals surface area contributed by atoms with E-state index >= 15 is 0 Å². The highest BCUT2D eigenvalue weighted by atomic mass is 16.5. The van der Waals surface area contributed by atoms with E-state index in [1.54, 1.807) is 0 Å². The maximum absolute atomic E-state index is 6.18. The normalized spacial score (nSPS) is 21.8. The van der Waals surface area contributed by atoms with Gasteiger partial charge in [-0.3, -0.25) is 0 Å². The number of ether oxygens (including phenoxy) is 1. The molecule has 88 valence electrons. The lowest BCUT2D eigenvalue weighted by Gasteiger charge is -2.18. The van der Waals surface area contributed by atoms with Crippen LogP contribution in [0.15, 0.2) is 18.2 Å². The number of para-hydroxylation sites is 1. The van der Waals surface area contributed by atoms with Gasteiger partial charge in [-0.25, -0.2) is 0 Å². The van der Waals surface area contributed by atoms with Crippen LogP contribution >= 0.6 is 0 Å². The molecule has 0 aromatic heterocycles. The van der Waals surface area contributed by atoms with Gasteiger partial charge in [-0.1, -0.05) is 32.0 Å². The van der Waals surface area contributed by atoms with Crippen molar-refractivity contribution in [3.8, 4) is 5.75 Å². The van der Waals surface area contributed by atoms with Crippen LogP contribution in [0.25, 0.3) is 0 Å². The molecular weight excluding hydrogens is 198 g/mol. The largest absolute Gasteiger partial charge is 0.493 e. The van der Waals surface area contributed by atoms with Crippen molar-refractivity contribution in [2.75, 3.05) is 6.61 Å². The molecule has 0 bridgehead atoms. The average Bonchev–Trinajstić information content (AvgIpc) is 2.50. The number of hydrogen-bond acceptors (Lipinski definition) is 2. The van der Waals surface area contributed by atoms with E-state index in [2.05, 4.69) is 32.0 Å². The highest BCUT2D eigenvalue weighted by Gasteiger charge is 2.20. The summed E-state index contributed by atoms with van der Waals surface area (Å²) < 4.78 is 5.89. The van der Waals surface area contributed by atoms with Gasteiger partial charge < -0.3 is 10.5 Å². The number of hydrogen-bond donors (Lipinski definition) is 1. The van der Waals surface area contributed by atoms with E-state index < -0.39 is 0 Å². The minimum Gasteiger partial charge on any atom is -0.493 e. The van der Waals surface area contributed by atoms with Gasteiger partial charge in [-0.2, -0.15) is 0 Å². The lowest BCUT2D eigenvalue weighted by atomic mass is 9.93. The summed E-state index contributed by atoms with van der Waals surface area (Å²) in [5.74, 6) is 1.60. The second kappa shape index (κ2) is 4.88. The summed E-state index contributed by atoms with van der Waals surface area (Å²) in [5, 5.41) is 0. The Hall–Kier alpha value is -1.02. The van der Waals surface area contributed by atoms with Crippen LogP contribution in [-0.4, -0.2) is 6.61 Å². The monoisotopic (exact) mass is 219 g/mol. The standard InChI is InChI=1S/C14H21NO/c1-3-10(2)11-6-4-7-12-13(15)8-5-9-16-14(11)12/h4,6-7,10,13H,3,5,8-9,15H2,1-2H3. The first-order valence-electron chi connectivity index (χ1n) is 6.25. The van der Waals surface area contributed by atoms with Gasteiger partial charge in [0.2, 0.25) is 0 Å². The summed E-state index contributed by atoms with van der Waals surface area (Å²) >= 11 is 0. The van der Waals surface area contributed by atoms with Gasteiger partial charge in [0.1, 0.15) is 5.75 Å². The molecule has 0 saturated heterocycles. The quantitative estimate of drug-likeness (QED) is 0.827. The molecule has 1 aromatic carbocycles. The molecule has 1 aliphatic heterocycles. The molecule has 2 heteroatoms. The van der Waals surface area contributed by atoms with Gasteiger partial charge in [-0.15, -0.1) is 0 Å². The lowest BCUT2D eigenvalue weighted by molar-refractivity contribution is 0.311. The Morgan fingerprint density at radius 3 is 3.06 bits per heavy atom. The van der Waals surface area contributed by atoms with Gasteiger partial charge in [0.05, 0.1) is 6.61 Å². The summed E-state index contributed by atoms with van der Waals surface area (Å²) in [7, 11) is 0. The molecule has 2 atom stereocenters. The molecule has 1 heterocycles. The van der Waals surface area contributed by atoms with Gasteiger partial charge in [-0.05, 0) is 30.7 Å². The fourth-order valence-electron chi connectivity index (χ4n) is 2.27. The Labute approximate surface area is 97.8 Å². The smallest absolute Gasteiger partial charge is 0.127 e. The topological polar surface area (TPSA) is 35.2 Å². The van der Waals surface area contributed by atoms with Crippen LogP contribution in [0.1, 0.15) is 56.2 Å². The molecule has 2 rings (SSSR count). The van der Waals surface area contributed by atoms with Gasteiger partial charge >= 0.3 is 0 Å². The molecular formula is C14H21NO. The predicted octanol–water partition coefficient (Wildman–Crippen LogP) is 3.37. The summed E-state index contributed by atoms with van der Waals surface area (Å²) in [4.78, 5) is 0. The van der Waals surface area contributed by atoms with E-state index in [4.69, 9.17) is 10.5 Å². The molecule has 0 radical (unpaired) electrons. The second-order valence-electron chi connectivity index (χ2n) is 4.67. The van der Waals surface area contributed by atoms with Crippen molar-refractivity contribution >= 4 is 0 Å². The maximum atomic E-state index is 6.18. The van der Waals surface area contributed by atoms with Crippen LogP contribution in [0.2, 0.25) is 0 Å². The van der Waals surface area contributed by atoms with E-state index in [1.165, 1.54) is 11.1 Å². The van der Waals surface area contributed by atoms with Crippen molar-refractivity contribution in [2.24, 2.45) is 5.73 Å². The van der Waals surface area contributed by atoms with Gasteiger partial charge in [0.25, 0.3) is 0 Å². The first kappa shape index (κ1) is 11.5. The molecule has 16 heavy (non-hydrogen) atoms. The molecule has 0 fully saturated rings. The average molecular weight is 219 g/mol. The van der Waals surface area contributed by atoms with E-state index in [1.807, 2.05) is 0 Å². The third kappa shape index (κ3) is 2.07. The number of fused-ring (bicyclic) bond motifs is 1. The van der Waals surface area contributed by atoms with Crippen molar-refractivity contribution in [1.82, 2.24) is 0 Å². The van der Waals surface area contributed by atoms with Crippen molar-refractivity contribution in [3.05, 3.63) is 29.3 Å². The third-order valence-electron chi connectivity index (χ3n) is 3.52. The van der Waals surface area contributed by atoms with Gasteiger partial charge in [0.15, 0.2) is 0 Å². The van der Waals surface area contributed by atoms with Crippen LogP contribution in [0.4, 0.5) is 0 Å². The maximum Gasteiger partial charge on any atom is 0.127 e. The minimum absolute atomic E-state index is 0.140. The number of nitrogens with two attached hydrogens (primary N) is 1. The molecule has 1 aromatic rings. The first-order chi connectivity index (χ1) is 7.74. The zero-order chi connectivity index (χ0) is 11.5. The molecule has 2 unspecified atom stereocenters. The predicted molar refractivity (Wildman–Crippen MR) is 66.8 cm³/mol. The third-order valence-corrected chi connectivity index (χ3v) is 3.52. The molecule has 0 amide bonds. The van der Waals surface area contributed by atoms with Crippen LogP contribution in [0.5, 0.6) is 5.75 Å². The second-order valence-corrected chi connectivity index (χ2v) is 4.67. The Bertz CT molecular complexity index is 362. The lowest BCUT2D eigenvalue weighted by Crippen LogP contribution is -2.10. The zero-order valence-electron chi connectivity index (χ0n) is 10.2. The van der Waals surface area contributed by atoms with Crippen LogP contribution in [0, 0.1) is 0 Å². The summed E-state index contributed by atoms with van der Waals surface area (Å²) in [5.41, 5.74) is 8.68. The highest BCUT2D eigenvalue weighted by Crippen LogP contribution is 2.37. The molecule has 2 nitrogen and oxygen atoms in total. The zero-order valence-corrected chi connectivity index (χ0v) is 10.2. The van der Waals surface area contributed by atoms with E-state index in [9.17, 15) is 0 Å². The van der Waals surface area contributed by atoms with Gasteiger partial charge in [0, 0.05) is 11.6 Å². The fraction of sp³-hybridized carbons (Fsp3) is 0.571. The number of rotatable bonds is 2. The Balaban J connectivity index is 2.44. The number of benzene rings is 1. The summed E-state index contributed by atoms with van der Waals surface area (Å²) in [6, 6.07) is 6.53. The van der Waals surface area contributed by atoms with Crippen LogP contribution in [-0.2, 0) is 0 Å². The van der Waals surface area contributed by atoms with Crippen molar-refractivity contribution in [2.45, 2.75) is 45.1 Å². The highest BCUT2D eigenvalue weighted by molar-refractivity contribution is 5.45. The Morgan fingerprint density at radius 2 is 2.31 bits per heavy atom. The molecule has 1 aliphatic rings. The fourth-order valence-corrected chi connectivity index (χ4v) is 2.27. The Kier molecular flexibility index (Phi) is 3.49. The van der Waals surface area contributed by atoms with Crippen molar-refractivity contribution < 1.29 is 4.74 Å². The van der Waals surface area contributed by atoms with E-state index in [0.717, 1.165) is 31.6 Å². The molecule has 0 spiro atoms. The van der Waals surface area contributed by atoms with Crippen molar-refractivity contribution in [1.29, 1.82) is 0 Å². The SMILES string of the molecule is CCC(C)c1cccc2c1OCCCC2N. The Morgan fingerprint density at radius 1 is 1.50 bits per heavy atom. The summed E-state index contributed by atoms with van der Waals surface area (Å²) in [6.07, 6.45) is 3.21. The van der Waals surface area contributed by atoms with Crippen molar-refractivity contribution in [3.63, 3.8) is 0 Å². The summed E-state index contributed by atoms with van der Waals surface area (Å²) in [6.45, 7) is 5.25.